The van der Waals surface area contributed by atoms with Gasteiger partial charge in [-0.15, -0.1) is 10.0 Å². The highest BCUT2D eigenvalue weighted by Gasteiger charge is 2.75. The van der Waals surface area contributed by atoms with Crippen LogP contribution in [0.5, 0.6) is 0 Å². The first-order chi connectivity index (χ1) is 18.6. The minimum atomic E-state index is -0.0924. The Bertz CT molecular complexity index is 1520. The van der Waals surface area contributed by atoms with Crippen LogP contribution >= 0.6 is 0 Å². The van der Waals surface area contributed by atoms with Gasteiger partial charge in [-0.2, -0.15) is 0 Å². The van der Waals surface area contributed by atoms with Crippen LogP contribution < -0.4 is 26.2 Å². The number of nitrogens with zero attached hydrogens (tertiary/aromatic N) is 3. The maximum atomic E-state index is 13.4. The van der Waals surface area contributed by atoms with Crippen LogP contribution in [0.3, 0.4) is 0 Å². The molecule has 1 aromatic heterocycles. The molecule has 3 N–H and O–H groups in total. The van der Waals surface area contributed by atoms with Crippen LogP contribution in [0.4, 0.5) is 5.69 Å². The SMILES string of the molecule is Cc1ccc(C)c(-n2cc(C=C3C(C)NC(C)CC3NC3C4C(=O)[N+]3(c3ccccc3)NC4C)c(=O)n2C)c1. The number of piperidine rings is 1. The summed E-state index contributed by atoms with van der Waals surface area (Å²) < 4.78 is 3.76. The zero-order chi connectivity index (χ0) is 27.6. The molecule has 2 aromatic carbocycles. The monoisotopic (exact) mass is 527 g/mol. The summed E-state index contributed by atoms with van der Waals surface area (Å²) in [5, 5.41) is 7.57. The largest absolute Gasteiger partial charge is 0.351 e. The number of hydrogen-bond donors (Lipinski definition) is 3. The Hall–Kier alpha value is -3.30. The maximum Gasteiger partial charge on any atom is 0.351 e. The number of quaternary nitrogens is 1. The number of benzene rings is 2. The first-order valence-corrected chi connectivity index (χ1v) is 14.0. The highest BCUT2D eigenvalue weighted by atomic mass is 16.2. The maximum absolute atomic E-state index is 13.4. The van der Waals surface area contributed by atoms with Crippen LogP contribution in [0.1, 0.15) is 43.9 Å². The van der Waals surface area contributed by atoms with E-state index in [1.54, 1.807) is 4.68 Å². The fourth-order valence-electron chi connectivity index (χ4n) is 6.95. The van der Waals surface area contributed by atoms with Gasteiger partial charge in [0.2, 0.25) is 0 Å². The van der Waals surface area contributed by atoms with Crippen molar-refractivity contribution in [1.82, 2.24) is 30.0 Å². The first-order valence-electron chi connectivity index (χ1n) is 14.0. The van der Waals surface area contributed by atoms with E-state index >= 15 is 0 Å². The van der Waals surface area contributed by atoms with Gasteiger partial charge in [-0.1, -0.05) is 30.3 Å². The highest BCUT2D eigenvalue weighted by molar-refractivity contribution is 5.99. The van der Waals surface area contributed by atoms with E-state index in [9.17, 15) is 9.59 Å². The van der Waals surface area contributed by atoms with Gasteiger partial charge in [0.1, 0.15) is 0 Å². The lowest BCUT2D eigenvalue weighted by atomic mass is 9.84. The Morgan fingerprint density at radius 1 is 1.05 bits per heavy atom. The lowest BCUT2D eigenvalue weighted by molar-refractivity contribution is -0.150. The van der Waals surface area contributed by atoms with Crippen molar-refractivity contribution in [2.24, 2.45) is 13.0 Å². The van der Waals surface area contributed by atoms with Gasteiger partial charge in [-0.05, 0) is 69.9 Å². The average Bonchev–Trinajstić information content (AvgIpc) is 3.47. The number of aromatic nitrogens is 2. The molecule has 2 bridgehead atoms. The predicted octanol–water partition coefficient (Wildman–Crippen LogP) is 3.30. The molecule has 39 heavy (non-hydrogen) atoms. The van der Waals surface area contributed by atoms with Crippen LogP contribution in [-0.4, -0.2) is 45.6 Å². The lowest BCUT2D eigenvalue weighted by Gasteiger charge is -2.47. The fraction of sp³-hybridized carbons (Fsp3) is 0.419. The van der Waals surface area contributed by atoms with Gasteiger partial charge < -0.3 is 5.32 Å². The molecule has 8 heteroatoms. The quantitative estimate of drug-likeness (QED) is 0.351. The topological polar surface area (TPSA) is 80.1 Å². The van der Waals surface area contributed by atoms with E-state index in [0.717, 1.165) is 34.5 Å². The number of rotatable bonds is 5. The average molecular weight is 528 g/mol. The van der Waals surface area contributed by atoms with Gasteiger partial charge in [0.05, 0.1) is 17.3 Å². The van der Waals surface area contributed by atoms with E-state index < -0.39 is 0 Å². The molecule has 204 valence electrons. The molecule has 4 saturated heterocycles. The molecule has 1 amide bonds. The Kier molecular flexibility index (Phi) is 6.26. The van der Waals surface area contributed by atoms with Gasteiger partial charge in [-0.25, -0.2) is 9.48 Å². The zero-order valence-corrected chi connectivity index (χ0v) is 23.6. The second-order valence-corrected chi connectivity index (χ2v) is 11.7. The second-order valence-electron chi connectivity index (χ2n) is 11.7. The van der Waals surface area contributed by atoms with Crippen molar-refractivity contribution in [1.29, 1.82) is 0 Å². The number of nitrogens with one attached hydrogen (secondary N) is 3. The summed E-state index contributed by atoms with van der Waals surface area (Å²) in [7, 11) is 1.82. The Morgan fingerprint density at radius 2 is 1.79 bits per heavy atom. The molecule has 4 aliphatic heterocycles. The Balaban J connectivity index is 1.37. The number of para-hydroxylation sites is 1. The van der Waals surface area contributed by atoms with Gasteiger partial charge in [0, 0.05) is 43.5 Å². The molecular weight excluding hydrogens is 488 g/mol. The van der Waals surface area contributed by atoms with Crippen LogP contribution in [0.25, 0.3) is 11.8 Å². The van der Waals surface area contributed by atoms with Crippen molar-refractivity contribution in [2.45, 2.75) is 71.4 Å². The highest BCUT2D eigenvalue weighted by Crippen LogP contribution is 2.46. The lowest BCUT2D eigenvalue weighted by Crippen LogP contribution is -2.79. The summed E-state index contributed by atoms with van der Waals surface area (Å²) in [5.41, 5.74) is 9.58. The third kappa shape index (κ3) is 3.97. The number of aryl methyl sites for hydroxylation is 2. The number of β-lactam (4-membered cyclic amide) rings is 1. The summed E-state index contributed by atoms with van der Waals surface area (Å²) in [6.07, 6.45) is 4.81. The molecule has 7 unspecified atom stereocenters. The molecule has 0 aliphatic carbocycles. The van der Waals surface area contributed by atoms with Crippen LogP contribution in [0.2, 0.25) is 0 Å². The van der Waals surface area contributed by atoms with Crippen LogP contribution in [-0.2, 0) is 11.8 Å². The third-order valence-electron chi connectivity index (χ3n) is 8.96. The summed E-state index contributed by atoms with van der Waals surface area (Å²) >= 11 is 0. The second kappa shape index (κ2) is 9.41. The van der Waals surface area contributed by atoms with Crippen LogP contribution in [0, 0.1) is 19.8 Å². The van der Waals surface area contributed by atoms with Gasteiger partial charge in [0.15, 0.2) is 17.8 Å². The molecule has 4 fully saturated rings. The minimum Gasteiger partial charge on any atom is -0.308 e. The van der Waals surface area contributed by atoms with Crippen molar-refractivity contribution in [3.8, 4) is 5.69 Å². The number of carbonyl (C=O) groups is 1. The number of amides is 1. The summed E-state index contributed by atoms with van der Waals surface area (Å²) in [6.45, 7) is 10.6. The molecule has 0 saturated carbocycles. The molecule has 3 aromatic rings. The van der Waals surface area contributed by atoms with Gasteiger partial charge >= 0.3 is 5.91 Å². The van der Waals surface area contributed by atoms with Crippen molar-refractivity contribution in [3.63, 3.8) is 0 Å². The van der Waals surface area contributed by atoms with Gasteiger partial charge in [-0.3, -0.25) is 14.8 Å². The Morgan fingerprint density at radius 3 is 2.51 bits per heavy atom. The predicted molar refractivity (Wildman–Crippen MR) is 155 cm³/mol. The van der Waals surface area contributed by atoms with E-state index in [2.05, 4.69) is 75.0 Å². The first kappa shape index (κ1) is 26.0. The smallest absolute Gasteiger partial charge is 0.308 e. The standard InChI is InChI=1S/C31H39N6O2/c1-18-12-13-19(2)27(14-18)36-17-23(30(38)35(36)6)16-25-21(4)32-20(3)15-26(25)33-29-28-22(5)34-37(29,31(28)39)24-10-8-7-9-11-24/h7-14,16-17,20-22,26,28-29,32-34H,15H2,1-6H3/q+1. The fourth-order valence-corrected chi connectivity index (χ4v) is 6.95. The molecule has 4 aliphatic rings. The number of fused-ring (bicyclic) bond motifs is 1. The van der Waals surface area contributed by atoms with Crippen molar-refractivity contribution < 1.29 is 4.79 Å². The van der Waals surface area contributed by atoms with Crippen molar-refractivity contribution in [2.75, 3.05) is 0 Å². The number of carbonyl (C=O) groups excluding carboxylic acids is 1. The van der Waals surface area contributed by atoms with E-state index in [0.29, 0.717) is 11.6 Å². The zero-order valence-electron chi connectivity index (χ0n) is 23.6. The molecule has 7 rings (SSSR count). The molecule has 0 radical (unpaired) electrons. The van der Waals surface area contributed by atoms with E-state index in [1.807, 2.05) is 48.3 Å². The Labute approximate surface area is 229 Å². The molecular formula is C31H39N6O2+. The van der Waals surface area contributed by atoms with Crippen molar-refractivity contribution in [3.05, 3.63) is 87.3 Å². The van der Waals surface area contributed by atoms with Gasteiger partial charge in [0.25, 0.3) is 5.56 Å². The summed E-state index contributed by atoms with van der Waals surface area (Å²) in [4.78, 5) is 26.8. The van der Waals surface area contributed by atoms with E-state index in [-0.39, 0.29) is 46.3 Å². The molecule has 5 heterocycles. The molecule has 8 nitrogen and oxygen atoms in total. The van der Waals surface area contributed by atoms with E-state index in [4.69, 9.17) is 0 Å². The summed E-state index contributed by atoms with van der Waals surface area (Å²) in [5.74, 6) is 0.122. The molecule has 7 atom stereocenters. The minimum absolute atomic E-state index is 0.0268. The number of hydrogen-bond acceptors (Lipinski definition) is 5. The van der Waals surface area contributed by atoms with E-state index in [1.165, 1.54) is 0 Å². The van der Waals surface area contributed by atoms with Crippen molar-refractivity contribution >= 4 is 17.7 Å². The normalized spacial score (nSPS) is 33.0. The van der Waals surface area contributed by atoms with Crippen LogP contribution in [0.15, 0.2) is 65.1 Å². The third-order valence-corrected chi connectivity index (χ3v) is 8.96. The summed E-state index contributed by atoms with van der Waals surface area (Å²) in [6, 6.07) is 16.8. The molecule has 0 spiro atoms.